The summed E-state index contributed by atoms with van der Waals surface area (Å²) < 4.78 is 11.0. The third kappa shape index (κ3) is 6.20. The summed E-state index contributed by atoms with van der Waals surface area (Å²) in [5.74, 6) is 0.720. The van der Waals surface area contributed by atoms with Crippen molar-refractivity contribution in [1.82, 2.24) is 9.80 Å². The van der Waals surface area contributed by atoms with Gasteiger partial charge < -0.3 is 14.4 Å². The lowest BCUT2D eigenvalue weighted by molar-refractivity contribution is -0.133. The first-order chi connectivity index (χ1) is 14.0. The van der Waals surface area contributed by atoms with Crippen molar-refractivity contribution >= 4 is 12.0 Å². The van der Waals surface area contributed by atoms with Gasteiger partial charge in [-0.15, -0.1) is 0 Å². The van der Waals surface area contributed by atoms with Crippen molar-refractivity contribution in [2.24, 2.45) is 5.92 Å². The number of likely N-dealkylation sites (tertiary alicyclic amines) is 1. The van der Waals surface area contributed by atoms with E-state index in [1.54, 1.807) is 0 Å². The number of rotatable bonds is 9. The molecule has 0 saturated carbocycles. The molecule has 2 amide bonds. The van der Waals surface area contributed by atoms with Gasteiger partial charge in [0.05, 0.1) is 12.6 Å². The van der Waals surface area contributed by atoms with Crippen LogP contribution in [0.4, 0.5) is 4.79 Å². The Balaban J connectivity index is 1.35. The maximum Gasteiger partial charge on any atom is 0.410 e. The predicted molar refractivity (Wildman–Crippen MR) is 111 cm³/mol. The summed E-state index contributed by atoms with van der Waals surface area (Å²) in [6.45, 7) is 7.45. The van der Waals surface area contributed by atoms with Gasteiger partial charge in [-0.3, -0.25) is 9.69 Å². The van der Waals surface area contributed by atoms with Crippen LogP contribution in [-0.4, -0.2) is 60.2 Å². The van der Waals surface area contributed by atoms with Gasteiger partial charge in [0.15, 0.2) is 0 Å². The van der Waals surface area contributed by atoms with E-state index in [1.165, 1.54) is 0 Å². The normalized spacial score (nSPS) is 20.4. The molecule has 1 aromatic rings. The van der Waals surface area contributed by atoms with Gasteiger partial charge in [-0.1, -0.05) is 44.2 Å². The van der Waals surface area contributed by atoms with Crippen LogP contribution in [0.25, 0.3) is 0 Å². The molecular weight excluding hydrogens is 368 g/mol. The van der Waals surface area contributed by atoms with E-state index < -0.39 is 0 Å². The average Bonchev–Trinajstić information content (AvgIpc) is 3.08. The first-order valence-corrected chi connectivity index (χ1v) is 10.9. The fourth-order valence-electron chi connectivity index (χ4n) is 4.29. The summed E-state index contributed by atoms with van der Waals surface area (Å²) in [4.78, 5) is 28.6. The third-order valence-corrected chi connectivity index (χ3v) is 5.75. The summed E-state index contributed by atoms with van der Waals surface area (Å²) in [6.07, 6.45) is 3.70. The summed E-state index contributed by atoms with van der Waals surface area (Å²) in [5, 5.41) is 0. The van der Waals surface area contributed by atoms with E-state index in [9.17, 15) is 9.59 Å². The fraction of sp³-hybridized carbons (Fsp3) is 0.652. The number of piperidine rings is 1. The van der Waals surface area contributed by atoms with Gasteiger partial charge in [0, 0.05) is 32.2 Å². The number of nitrogens with zero attached hydrogens (tertiary/aromatic N) is 2. The lowest BCUT2D eigenvalue weighted by Gasteiger charge is -2.38. The number of hydrogen-bond donors (Lipinski definition) is 0. The first-order valence-electron chi connectivity index (χ1n) is 10.9. The van der Waals surface area contributed by atoms with Crippen molar-refractivity contribution in [3.63, 3.8) is 0 Å². The van der Waals surface area contributed by atoms with E-state index in [-0.39, 0.29) is 24.1 Å². The van der Waals surface area contributed by atoms with E-state index in [1.807, 2.05) is 40.1 Å². The summed E-state index contributed by atoms with van der Waals surface area (Å²) >= 11 is 0. The molecule has 0 aliphatic carbocycles. The Labute approximate surface area is 174 Å². The minimum absolute atomic E-state index is 0.177. The molecule has 2 fully saturated rings. The third-order valence-electron chi connectivity index (χ3n) is 5.75. The maximum absolute atomic E-state index is 12.5. The quantitative estimate of drug-likeness (QED) is 0.589. The molecule has 3 rings (SSSR count). The van der Waals surface area contributed by atoms with E-state index in [4.69, 9.17) is 9.47 Å². The Bertz CT molecular complexity index is 656. The highest BCUT2D eigenvalue weighted by molar-refractivity contribution is 5.76. The molecule has 2 heterocycles. The van der Waals surface area contributed by atoms with Crippen LogP contribution in [-0.2, 0) is 20.9 Å². The summed E-state index contributed by atoms with van der Waals surface area (Å²) in [7, 11) is 0. The molecule has 1 aromatic carbocycles. The van der Waals surface area contributed by atoms with E-state index >= 15 is 0 Å². The van der Waals surface area contributed by atoms with Crippen LogP contribution < -0.4 is 0 Å². The highest BCUT2D eigenvalue weighted by atomic mass is 16.6. The Morgan fingerprint density at radius 3 is 2.62 bits per heavy atom. The van der Waals surface area contributed by atoms with Gasteiger partial charge in [0.2, 0.25) is 5.91 Å². The van der Waals surface area contributed by atoms with E-state index in [0.29, 0.717) is 45.2 Å². The highest BCUT2D eigenvalue weighted by Gasteiger charge is 2.39. The van der Waals surface area contributed by atoms with Gasteiger partial charge in [-0.05, 0) is 37.2 Å². The lowest BCUT2D eigenvalue weighted by atomic mass is 9.98. The van der Waals surface area contributed by atoms with E-state index in [0.717, 1.165) is 31.2 Å². The number of hydrogen-bond acceptors (Lipinski definition) is 4. The maximum atomic E-state index is 12.5. The van der Waals surface area contributed by atoms with Crippen molar-refractivity contribution < 1.29 is 19.1 Å². The number of cyclic esters (lactones) is 1. The van der Waals surface area contributed by atoms with Crippen LogP contribution >= 0.6 is 0 Å². The SMILES string of the molecule is CC(C)CC1COC(=O)N1C1CCN(C(=O)CCCOCc2ccccc2)CC1. The average molecular weight is 403 g/mol. The molecule has 0 N–H and O–H groups in total. The molecule has 1 atom stereocenters. The van der Waals surface area contributed by atoms with Gasteiger partial charge in [-0.25, -0.2) is 4.79 Å². The van der Waals surface area contributed by atoms with E-state index in [2.05, 4.69) is 13.8 Å². The zero-order valence-electron chi connectivity index (χ0n) is 17.7. The largest absolute Gasteiger partial charge is 0.447 e. The predicted octanol–water partition coefficient (Wildman–Crippen LogP) is 3.84. The molecule has 160 valence electrons. The first kappa shape index (κ1) is 21.6. The summed E-state index contributed by atoms with van der Waals surface area (Å²) in [5.41, 5.74) is 1.15. The lowest BCUT2D eigenvalue weighted by Crippen LogP contribution is -2.50. The zero-order chi connectivity index (χ0) is 20.6. The van der Waals surface area contributed by atoms with Gasteiger partial charge >= 0.3 is 6.09 Å². The molecule has 2 aliphatic rings. The number of benzene rings is 1. The van der Waals surface area contributed by atoms with Gasteiger partial charge in [0.1, 0.15) is 6.61 Å². The molecule has 0 radical (unpaired) electrons. The number of amides is 2. The molecule has 1 unspecified atom stereocenters. The molecule has 2 saturated heterocycles. The Morgan fingerprint density at radius 2 is 1.93 bits per heavy atom. The second kappa shape index (κ2) is 10.6. The van der Waals surface area contributed by atoms with Crippen LogP contribution in [0, 0.1) is 5.92 Å². The number of carbonyl (C=O) groups excluding carboxylic acids is 2. The van der Waals surface area contributed by atoms with Crippen molar-refractivity contribution in [3.05, 3.63) is 35.9 Å². The molecule has 2 aliphatic heterocycles. The van der Waals surface area contributed by atoms with Crippen LogP contribution in [0.15, 0.2) is 30.3 Å². The molecule has 29 heavy (non-hydrogen) atoms. The van der Waals surface area contributed by atoms with Crippen molar-refractivity contribution in [2.75, 3.05) is 26.3 Å². The Hall–Kier alpha value is -2.08. The molecule has 6 nitrogen and oxygen atoms in total. The summed E-state index contributed by atoms with van der Waals surface area (Å²) in [6, 6.07) is 10.4. The highest BCUT2D eigenvalue weighted by Crippen LogP contribution is 2.27. The minimum Gasteiger partial charge on any atom is -0.447 e. The second-order valence-corrected chi connectivity index (χ2v) is 8.52. The zero-order valence-corrected chi connectivity index (χ0v) is 17.7. The second-order valence-electron chi connectivity index (χ2n) is 8.52. The molecule has 6 heteroatoms. The van der Waals surface area contributed by atoms with Crippen LogP contribution in [0.5, 0.6) is 0 Å². The van der Waals surface area contributed by atoms with Crippen molar-refractivity contribution in [2.45, 2.75) is 64.6 Å². The van der Waals surface area contributed by atoms with Crippen molar-refractivity contribution in [3.8, 4) is 0 Å². The molecule has 0 spiro atoms. The monoisotopic (exact) mass is 402 g/mol. The topological polar surface area (TPSA) is 59.1 Å². The van der Waals surface area contributed by atoms with Crippen LogP contribution in [0.2, 0.25) is 0 Å². The minimum atomic E-state index is -0.184. The van der Waals surface area contributed by atoms with Crippen LogP contribution in [0.1, 0.15) is 51.5 Å². The fourth-order valence-corrected chi connectivity index (χ4v) is 4.29. The van der Waals surface area contributed by atoms with Gasteiger partial charge in [-0.2, -0.15) is 0 Å². The molecule has 0 bridgehead atoms. The number of ether oxygens (including phenoxy) is 2. The molecule has 0 aromatic heterocycles. The Morgan fingerprint density at radius 1 is 1.21 bits per heavy atom. The standard InChI is InChI=1S/C23H34N2O4/c1-18(2)15-21-17-29-23(27)25(21)20-10-12-24(13-11-20)22(26)9-6-14-28-16-19-7-4-3-5-8-19/h3-5,7-8,18,20-21H,6,9-17H2,1-2H3. The van der Waals surface area contributed by atoms with Crippen LogP contribution in [0.3, 0.4) is 0 Å². The number of carbonyl (C=O) groups is 2. The van der Waals surface area contributed by atoms with Crippen molar-refractivity contribution in [1.29, 1.82) is 0 Å². The molecular formula is C23H34N2O4. The smallest absolute Gasteiger partial charge is 0.410 e. The van der Waals surface area contributed by atoms with Gasteiger partial charge in [0.25, 0.3) is 0 Å². The Kier molecular flexibility index (Phi) is 7.92.